The zero-order chi connectivity index (χ0) is 21.8. The predicted octanol–water partition coefficient (Wildman–Crippen LogP) is 4.03. The molecule has 1 fully saturated rings. The Bertz CT molecular complexity index is 965. The third-order valence-corrected chi connectivity index (χ3v) is 7.41. The fourth-order valence-corrected chi connectivity index (χ4v) is 5.89. The third kappa shape index (κ3) is 5.51. The van der Waals surface area contributed by atoms with Gasteiger partial charge >= 0.3 is 0 Å². The van der Waals surface area contributed by atoms with Gasteiger partial charge in [0.25, 0.3) is 0 Å². The molecule has 0 bridgehead atoms. The SMILES string of the molecule is CC1CCc2c(sc(NC(=O)CN3CCCN(Cc4ccc(F)cc4)CC3)c2C#N)C1. The molecule has 7 heteroatoms. The van der Waals surface area contributed by atoms with E-state index in [9.17, 15) is 14.4 Å². The maximum atomic E-state index is 13.1. The largest absolute Gasteiger partial charge is 0.315 e. The molecule has 2 aliphatic rings. The second-order valence-electron chi connectivity index (χ2n) is 8.75. The van der Waals surface area contributed by atoms with Gasteiger partial charge in [0.05, 0.1) is 12.1 Å². The minimum absolute atomic E-state index is 0.0462. The third-order valence-electron chi connectivity index (χ3n) is 6.24. The van der Waals surface area contributed by atoms with Gasteiger partial charge in [-0.05, 0) is 68.0 Å². The van der Waals surface area contributed by atoms with Gasteiger partial charge in [-0.3, -0.25) is 14.6 Å². The minimum Gasteiger partial charge on any atom is -0.315 e. The fourth-order valence-electron chi connectivity index (χ4n) is 4.51. The van der Waals surface area contributed by atoms with Crippen LogP contribution in [0.4, 0.5) is 9.39 Å². The summed E-state index contributed by atoms with van der Waals surface area (Å²) in [4.78, 5) is 18.5. The number of rotatable bonds is 5. The number of amides is 1. The van der Waals surface area contributed by atoms with Gasteiger partial charge < -0.3 is 5.32 Å². The van der Waals surface area contributed by atoms with Gasteiger partial charge in [-0.2, -0.15) is 5.26 Å². The van der Waals surface area contributed by atoms with Crippen LogP contribution in [0.2, 0.25) is 0 Å². The van der Waals surface area contributed by atoms with E-state index in [1.54, 1.807) is 11.3 Å². The number of halogens is 1. The highest BCUT2D eigenvalue weighted by Gasteiger charge is 2.25. The van der Waals surface area contributed by atoms with E-state index in [-0.39, 0.29) is 11.7 Å². The van der Waals surface area contributed by atoms with Crippen LogP contribution < -0.4 is 5.32 Å². The van der Waals surface area contributed by atoms with Gasteiger partial charge in [0.1, 0.15) is 16.9 Å². The van der Waals surface area contributed by atoms with E-state index in [2.05, 4.69) is 28.1 Å². The van der Waals surface area contributed by atoms with Crippen LogP contribution in [0.3, 0.4) is 0 Å². The first-order valence-electron chi connectivity index (χ1n) is 11.1. The van der Waals surface area contributed by atoms with E-state index in [1.165, 1.54) is 17.0 Å². The molecule has 0 radical (unpaired) electrons. The van der Waals surface area contributed by atoms with Gasteiger partial charge in [-0.1, -0.05) is 19.1 Å². The molecular formula is C24H29FN4OS. The van der Waals surface area contributed by atoms with Gasteiger partial charge in [0.2, 0.25) is 5.91 Å². The van der Waals surface area contributed by atoms with Gasteiger partial charge in [0.15, 0.2) is 0 Å². The van der Waals surface area contributed by atoms with Crippen LogP contribution >= 0.6 is 11.3 Å². The quantitative estimate of drug-likeness (QED) is 0.763. The Balaban J connectivity index is 1.31. The maximum absolute atomic E-state index is 13.1. The Hall–Kier alpha value is -2.27. The number of fused-ring (bicyclic) bond motifs is 1. The second-order valence-corrected chi connectivity index (χ2v) is 9.85. The Kier molecular flexibility index (Phi) is 7.01. The maximum Gasteiger partial charge on any atom is 0.239 e. The summed E-state index contributed by atoms with van der Waals surface area (Å²) >= 11 is 1.58. The Morgan fingerprint density at radius 2 is 1.97 bits per heavy atom. The van der Waals surface area contributed by atoms with E-state index in [0.717, 1.165) is 74.5 Å². The molecule has 1 aliphatic heterocycles. The summed E-state index contributed by atoms with van der Waals surface area (Å²) in [6.45, 7) is 6.91. The van der Waals surface area contributed by atoms with Crippen molar-refractivity contribution in [3.8, 4) is 6.07 Å². The molecule has 1 aromatic carbocycles. The molecule has 1 atom stereocenters. The molecule has 1 N–H and O–H groups in total. The number of benzene rings is 1. The molecule has 0 spiro atoms. The molecular weight excluding hydrogens is 411 g/mol. The van der Waals surface area contributed by atoms with Crippen LogP contribution in [-0.2, 0) is 24.2 Å². The van der Waals surface area contributed by atoms with Crippen molar-refractivity contribution in [1.82, 2.24) is 9.80 Å². The van der Waals surface area contributed by atoms with Crippen molar-refractivity contribution in [2.75, 3.05) is 38.0 Å². The number of hydrogen-bond acceptors (Lipinski definition) is 5. The number of nitrogens with zero attached hydrogens (tertiary/aromatic N) is 3. The molecule has 1 aromatic heterocycles. The highest BCUT2D eigenvalue weighted by atomic mass is 32.1. The second kappa shape index (κ2) is 9.90. The minimum atomic E-state index is -0.211. The molecule has 1 amide bonds. The van der Waals surface area contributed by atoms with Crippen LogP contribution in [0.1, 0.15) is 41.3 Å². The predicted molar refractivity (Wildman–Crippen MR) is 122 cm³/mol. The highest BCUT2D eigenvalue weighted by molar-refractivity contribution is 7.16. The Morgan fingerprint density at radius 3 is 2.74 bits per heavy atom. The summed E-state index contributed by atoms with van der Waals surface area (Å²) in [6, 6.07) is 8.99. The first-order chi connectivity index (χ1) is 15.0. The topological polar surface area (TPSA) is 59.4 Å². The van der Waals surface area contributed by atoms with Crippen LogP contribution in [0.15, 0.2) is 24.3 Å². The molecule has 1 aliphatic carbocycles. The van der Waals surface area contributed by atoms with Crippen LogP contribution in [0, 0.1) is 23.1 Å². The number of anilines is 1. The van der Waals surface area contributed by atoms with Crippen molar-refractivity contribution in [1.29, 1.82) is 5.26 Å². The van der Waals surface area contributed by atoms with E-state index in [4.69, 9.17) is 0 Å². The van der Waals surface area contributed by atoms with Crippen molar-refractivity contribution in [2.24, 2.45) is 5.92 Å². The average molecular weight is 441 g/mol. The number of carbonyl (C=O) groups excluding carboxylic acids is 1. The Morgan fingerprint density at radius 1 is 1.23 bits per heavy atom. The number of carbonyl (C=O) groups is 1. The number of thiophene rings is 1. The zero-order valence-corrected chi connectivity index (χ0v) is 18.8. The lowest BCUT2D eigenvalue weighted by Gasteiger charge is -2.21. The average Bonchev–Trinajstić information content (AvgIpc) is 2.92. The number of hydrogen-bond donors (Lipinski definition) is 1. The van der Waals surface area contributed by atoms with E-state index in [1.807, 2.05) is 12.1 Å². The summed E-state index contributed by atoms with van der Waals surface area (Å²) in [6.07, 6.45) is 4.03. The lowest BCUT2D eigenvalue weighted by Crippen LogP contribution is -2.36. The monoisotopic (exact) mass is 440 g/mol. The molecule has 0 saturated carbocycles. The first kappa shape index (κ1) is 21.9. The van der Waals surface area contributed by atoms with Gasteiger partial charge in [-0.25, -0.2) is 4.39 Å². The molecule has 5 nitrogen and oxygen atoms in total. The smallest absolute Gasteiger partial charge is 0.239 e. The fraction of sp³-hybridized carbons (Fsp3) is 0.500. The highest BCUT2D eigenvalue weighted by Crippen LogP contribution is 2.39. The van der Waals surface area contributed by atoms with E-state index >= 15 is 0 Å². The van der Waals surface area contributed by atoms with Crippen molar-refractivity contribution in [2.45, 2.75) is 39.2 Å². The van der Waals surface area contributed by atoms with Crippen molar-refractivity contribution in [3.05, 3.63) is 51.7 Å². The molecule has 4 rings (SSSR count). The molecule has 1 saturated heterocycles. The molecule has 31 heavy (non-hydrogen) atoms. The normalized spacial score (nSPS) is 20.0. The summed E-state index contributed by atoms with van der Waals surface area (Å²) in [7, 11) is 0. The standard InChI is InChI=1S/C24H29FN4OS/c1-17-3-8-20-21(14-26)24(31-22(20)13-17)27-23(30)16-29-10-2-9-28(11-12-29)15-18-4-6-19(25)7-5-18/h4-7,17H,2-3,8-13,15-16H2,1H3,(H,27,30). The van der Waals surface area contributed by atoms with Crippen LogP contribution in [0.25, 0.3) is 0 Å². The molecule has 1 unspecified atom stereocenters. The molecule has 2 aromatic rings. The zero-order valence-electron chi connectivity index (χ0n) is 18.0. The van der Waals surface area contributed by atoms with Crippen molar-refractivity contribution < 1.29 is 9.18 Å². The van der Waals surface area contributed by atoms with Crippen LogP contribution in [-0.4, -0.2) is 48.4 Å². The summed E-state index contributed by atoms with van der Waals surface area (Å²) < 4.78 is 13.1. The van der Waals surface area contributed by atoms with E-state index in [0.29, 0.717) is 18.0 Å². The number of nitriles is 1. The molecule has 164 valence electrons. The van der Waals surface area contributed by atoms with Crippen LogP contribution in [0.5, 0.6) is 0 Å². The van der Waals surface area contributed by atoms with Crippen molar-refractivity contribution in [3.63, 3.8) is 0 Å². The Labute approximate surface area is 187 Å². The van der Waals surface area contributed by atoms with Gasteiger partial charge in [0, 0.05) is 24.5 Å². The number of nitrogens with one attached hydrogen (secondary N) is 1. The van der Waals surface area contributed by atoms with Gasteiger partial charge in [-0.15, -0.1) is 11.3 Å². The summed E-state index contributed by atoms with van der Waals surface area (Å²) in [5, 5.41) is 13.4. The first-order valence-corrected chi connectivity index (χ1v) is 11.9. The lowest BCUT2D eigenvalue weighted by atomic mass is 9.89. The molecule has 2 heterocycles. The summed E-state index contributed by atoms with van der Waals surface area (Å²) in [5.74, 6) is 0.379. The lowest BCUT2D eigenvalue weighted by molar-refractivity contribution is -0.117. The van der Waals surface area contributed by atoms with E-state index < -0.39 is 0 Å². The van der Waals surface area contributed by atoms with Crippen molar-refractivity contribution >= 4 is 22.2 Å². The summed E-state index contributed by atoms with van der Waals surface area (Å²) in [5.41, 5.74) is 2.92.